The molecule has 2 N–H and O–H groups in total. The molecule has 0 radical (unpaired) electrons. The summed E-state index contributed by atoms with van der Waals surface area (Å²) in [6.45, 7) is 2.92. The molecule has 1 unspecified atom stereocenters. The molecular weight excluding hydrogens is 538 g/mol. The first-order chi connectivity index (χ1) is 19.4. The zero-order valence-electron chi connectivity index (χ0n) is 22.4. The molecule has 0 aliphatic heterocycles. The minimum Gasteiger partial charge on any atom is -0.492 e. The van der Waals surface area contributed by atoms with E-state index in [0.29, 0.717) is 18.9 Å². The molecule has 3 aromatic carbocycles. The number of carbonyl (C=O) groups excluding carboxylic acids is 1. The first-order valence-electron chi connectivity index (χ1n) is 13.1. The highest BCUT2D eigenvalue weighted by atomic mass is 32.2. The van der Waals surface area contributed by atoms with Crippen LogP contribution in [0.2, 0.25) is 0 Å². The van der Waals surface area contributed by atoms with Gasteiger partial charge in [-0.3, -0.25) is 0 Å². The van der Waals surface area contributed by atoms with Gasteiger partial charge in [0, 0.05) is 30.5 Å². The number of rotatable bonds is 16. The quantitative estimate of drug-likeness (QED) is 0.151. The number of hydrogen-bond donors (Lipinski definition) is 2. The molecule has 0 aliphatic rings. The van der Waals surface area contributed by atoms with Gasteiger partial charge < -0.3 is 24.8 Å². The molecule has 0 aliphatic carbocycles. The summed E-state index contributed by atoms with van der Waals surface area (Å²) in [5.74, 6) is -1.13. The van der Waals surface area contributed by atoms with Crippen LogP contribution in [0.15, 0.2) is 77.7 Å². The van der Waals surface area contributed by atoms with Crippen LogP contribution in [-0.4, -0.2) is 60.2 Å². The number of nitrogens with one attached hydrogen (secondary N) is 1. The van der Waals surface area contributed by atoms with Crippen molar-refractivity contribution in [1.82, 2.24) is 4.90 Å². The summed E-state index contributed by atoms with van der Waals surface area (Å²) in [7, 11) is 0. The van der Waals surface area contributed by atoms with E-state index in [1.807, 2.05) is 18.2 Å². The summed E-state index contributed by atoms with van der Waals surface area (Å²) in [6.07, 6.45) is 0.925. The maximum Gasteiger partial charge on any atom is 0.333 e. The number of anilines is 1. The Labute approximate surface area is 237 Å². The first kappa shape index (κ1) is 30.9. The van der Waals surface area contributed by atoms with Crippen molar-refractivity contribution in [2.75, 3.05) is 37.4 Å². The van der Waals surface area contributed by atoms with Gasteiger partial charge in [0.1, 0.15) is 24.0 Å². The molecule has 0 heterocycles. The predicted octanol–water partition coefficient (Wildman–Crippen LogP) is 6.48. The highest BCUT2D eigenvalue weighted by Gasteiger charge is 2.18. The third-order valence-electron chi connectivity index (χ3n) is 5.91. The molecule has 214 valence electrons. The number of amides is 2. The maximum absolute atomic E-state index is 14.1. The van der Waals surface area contributed by atoms with E-state index in [0.717, 1.165) is 36.3 Å². The van der Waals surface area contributed by atoms with E-state index in [1.165, 1.54) is 11.0 Å². The number of carboxylic acids is 1. The van der Waals surface area contributed by atoms with Crippen molar-refractivity contribution < 1.29 is 33.0 Å². The zero-order chi connectivity index (χ0) is 28.7. The van der Waals surface area contributed by atoms with E-state index in [9.17, 15) is 23.5 Å². The lowest BCUT2D eigenvalue weighted by Gasteiger charge is -2.23. The number of aliphatic carboxylic acids is 1. The molecule has 10 heteroatoms. The second kappa shape index (κ2) is 16.5. The number of halogens is 2. The molecular formula is C30H34F2N2O5S. The number of benzene rings is 3. The molecule has 0 fully saturated rings. The Morgan fingerprint density at radius 1 is 1.00 bits per heavy atom. The summed E-state index contributed by atoms with van der Waals surface area (Å²) in [5, 5.41) is 11.8. The fourth-order valence-electron chi connectivity index (χ4n) is 3.84. The van der Waals surface area contributed by atoms with Crippen molar-refractivity contribution in [3.05, 3.63) is 90.0 Å². The van der Waals surface area contributed by atoms with Gasteiger partial charge >= 0.3 is 12.0 Å². The Morgan fingerprint density at radius 3 is 2.42 bits per heavy atom. The van der Waals surface area contributed by atoms with Gasteiger partial charge in [0.25, 0.3) is 0 Å². The maximum atomic E-state index is 14.1. The van der Waals surface area contributed by atoms with Crippen LogP contribution < -0.4 is 10.1 Å². The third kappa shape index (κ3) is 10.5. The molecule has 3 rings (SSSR count). The Morgan fingerprint density at radius 2 is 1.75 bits per heavy atom. The topological polar surface area (TPSA) is 88.1 Å². The van der Waals surface area contributed by atoms with Crippen LogP contribution in [-0.2, 0) is 16.0 Å². The smallest absolute Gasteiger partial charge is 0.333 e. The lowest BCUT2D eigenvalue weighted by atomic mass is 10.1. The number of unbranched alkanes of at least 4 members (excludes halogenated alkanes) is 1. The normalized spacial score (nSPS) is 11.6. The Bertz CT molecular complexity index is 1210. The van der Waals surface area contributed by atoms with Gasteiger partial charge in [0.05, 0.1) is 12.2 Å². The Kier molecular flexibility index (Phi) is 12.7. The standard InChI is InChI=1S/C30H34F2N2O5S/c1-2-38-28(29(35)36)20-22-10-13-24(14-11-22)39-18-17-34(16-6-7-19-40-25-8-4-3-5-9-25)30(37)33-27-15-12-23(31)21-26(27)32/h3-5,8-15,21,28H,2,6-7,16-20H2,1H3,(H,33,37)(H,35,36). The van der Waals surface area contributed by atoms with Crippen molar-refractivity contribution in [2.45, 2.75) is 37.2 Å². The lowest BCUT2D eigenvalue weighted by molar-refractivity contribution is -0.149. The molecule has 0 bridgehead atoms. The second-order valence-corrected chi connectivity index (χ2v) is 10.1. The van der Waals surface area contributed by atoms with Gasteiger partial charge in [0.2, 0.25) is 0 Å². The summed E-state index contributed by atoms with van der Waals surface area (Å²) in [4.78, 5) is 27.0. The number of thioether (sulfide) groups is 1. The van der Waals surface area contributed by atoms with Gasteiger partial charge in [0.15, 0.2) is 6.10 Å². The van der Waals surface area contributed by atoms with Gasteiger partial charge in [-0.2, -0.15) is 0 Å². The molecule has 0 saturated heterocycles. The van der Waals surface area contributed by atoms with Gasteiger partial charge in [-0.05, 0) is 67.5 Å². The molecule has 2 amide bonds. The van der Waals surface area contributed by atoms with E-state index in [1.54, 1.807) is 47.9 Å². The Hall–Kier alpha value is -3.63. The molecule has 1 atom stereocenters. The number of nitrogens with zero attached hydrogens (tertiary/aromatic N) is 1. The van der Waals surface area contributed by atoms with E-state index < -0.39 is 29.7 Å². The van der Waals surface area contributed by atoms with Crippen molar-refractivity contribution >= 4 is 29.4 Å². The number of urea groups is 1. The van der Waals surface area contributed by atoms with Crippen LogP contribution in [0.4, 0.5) is 19.3 Å². The largest absolute Gasteiger partial charge is 0.492 e. The van der Waals surface area contributed by atoms with E-state index in [-0.39, 0.29) is 25.3 Å². The summed E-state index contributed by atoms with van der Waals surface area (Å²) in [5.41, 5.74) is 0.697. The lowest BCUT2D eigenvalue weighted by Crippen LogP contribution is -2.38. The molecule has 3 aromatic rings. The minimum atomic E-state index is -1.01. The molecule has 40 heavy (non-hydrogen) atoms. The summed E-state index contributed by atoms with van der Waals surface area (Å²) < 4.78 is 38.5. The predicted molar refractivity (Wildman–Crippen MR) is 152 cm³/mol. The van der Waals surface area contributed by atoms with Crippen molar-refractivity contribution in [1.29, 1.82) is 0 Å². The highest BCUT2D eigenvalue weighted by Crippen LogP contribution is 2.20. The average Bonchev–Trinajstić information content (AvgIpc) is 2.94. The number of carbonyl (C=O) groups is 2. The molecule has 7 nitrogen and oxygen atoms in total. The highest BCUT2D eigenvalue weighted by molar-refractivity contribution is 7.99. The molecule has 0 aromatic heterocycles. The minimum absolute atomic E-state index is 0.0979. The van der Waals surface area contributed by atoms with Crippen LogP contribution in [0.1, 0.15) is 25.3 Å². The number of ether oxygens (including phenoxy) is 2. The fourth-order valence-corrected chi connectivity index (χ4v) is 4.77. The van der Waals surface area contributed by atoms with Gasteiger partial charge in [-0.1, -0.05) is 30.3 Å². The third-order valence-corrected chi connectivity index (χ3v) is 7.01. The van der Waals surface area contributed by atoms with E-state index in [2.05, 4.69) is 17.4 Å². The fraction of sp³-hybridized carbons (Fsp3) is 0.333. The van der Waals surface area contributed by atoms with Gasteiger partial charge in [-0.25, -0.2) is 18.4 Å². The average molecular weight is 573 g/mol. The molecule has 0 saturated carbocycles. The Balaban J connectivity index is 1.53. The van der Waals surface area contributed by atoms with Crippen LogP contribution in [0, 0.1) is 11.6 Å². The van der Waals surface area contributed by atoms with Crippen LogP contribution in [0.3, 0.4) is 0 Å². The number of carboxylic acid groups (broad SMARTS) is 1. The van der Waals surface area contributed by atoms with Crippen molar-refractivity contribution in [3.63, 3.8) is 0 Å². The van der Waals surface area contributed by atoms with Crippen LogP contribution in [0.25, 0.3) is 0 Å². The van der Waals surface area contributed by atoms with E-state index in [4.69, 9.17) is 9.47 Å². The zero-order valence-corrected chi connectivity index (χ0v) is 23.2. The van der Waals surface area contributed by atoms with Gasteiger partial charge in [-0.15, -0.1) is 11.8 Å². The van der Waals surface area contributed by atoms with Crippen molar-refractivity contribution in [3.8, 4) is 5.75 Å². The summed E-state index contributed by atoms with van der Waals surface area (Å²) in [6, 6.07) is 19.6. The summed E-state index contributed by atoms with van der Waals surface area (Å²) >= 11 is 1.74. The van der Waals surface area contributed by atoms with Crippen molar-refractivity contribution in [2.24, 2.45) is 0 Å². The monoisotopic (exact) mass is 572 g/mol. The van der Waals surface area contributed by atoms with E-state index >= 15 is 0 Å². The number of hydrogen-bond acceptors (Lipinski definition) is 5. The second-order valence-electron chi connectivity index (χ2n) is 8.89. The SMILES string of the molecule is CCOC(Cc1ccc(OCCN(CCCCSc2ccccc2)C(=O)Nc2ccc(F)cc2F)cc1)C(=O)O. The first-order valence-corrected chi connectivity index (χ1v) is 14.1. The molecule has 0 spiro atoms. The van der Waals surface area contributed by atoms with Crippen LogP contribution in [0.5, 0.6) is 5.75 Å². The van der Waals surface area contributed by atoms with Crippen LogP contribution >= 0.6 is 11.8 Å².